The first kappa shape index (κ1) is 7.65. The molecule has 1 rings (SSSR count). The van der Waals surface area contributed by atoms with Crippen LogP contribution in [0.15, 0.2) is 12.1 Å². The van der Waals surface area contributed by atoms with Crippen LogP contribution in [0.25, 0.3) is 0 Å². The minimum Gasteiger partial charge on any atom is -0.505 e. The van der Waals surface area contributed by atoms with Crippen LogP contribution in [-0.4, -0.2) is 12.2 Å². The number of hydrogen-bond acceptors (Lipinski definition) is 3. The highest BCUT2D eigenvalue weighted by atomic mass is 19.1. The van der Waals surface area contributed by atoms with E-state index in [0.717, 1.165) is 6.07 Å². The molecule has 0 bridgehead atoms. The molecule has 0 saturated carbocycles. The normalized spacial score (nSPS) is 9.64. The van der Waals surface area contributed by atoms with Crippen molar-refractivity contribution in [3.05, 3.63) is 17.9 Å². The molecule has 0 fully saturated rings. The Morgan fingerprint density at radius 2 is 2.18 bits per heavy atom. The molecule has 4 heteroatoms. The zero-order chi connectivity index (χ0) is 8.43. The SMILES string of the molecule is COc1cc(N)c(F)c(O)c1. The summed E-state index contributed by atoms with van der Waals surface area (Å²) < 4.78 is 17.3. The molecular weight excluding hydrogens is 149 g/mol. The predicted octanol–water partition coefficient (Wildman–Crippen LogP) is 1.12. The van der Waals surface area contributed by atoms with E-state index in [1.54, 1.807) is 0 Å². The van der Waals surface area contributed by atoms with Gasteiger partial charge in [0.1, 0.15) is 5.75 Å². The van der Waals surface area contributed by atoms with E-state index in [2.05, 4.69) is 0 Å². The number of benzene rings is 1. The summed E-state index contributed by atoms with van der Waals surface area (Å²) in [4.78, 5) is 0. The van der Waals surface area contributed by atoms with Gasteiger partial charge in [-0.1, -0.05) is 0 Å². The molecule has 0 unspecified atom stereocenters. The molecule has 0 amide bonds. The lowest BCUT2D eigenvalue weighted by molar-refractivity contribution is 0.398. The summed E-state index contributed by atoms with van der Waals surface area (Å²) in [5, 5.41) is 8.88. The van der Waals surface area contributed by atoms with Crippen molar-refractivity contribution in [1.82, 2.24) is 0 Å². The van der Waals surface area contributed by atoms with Crippen LogP contribution >= 0.6 is 0 Å². The fourth-order valence-electron chi connectivity index (χ4n) is 0.722. The standard InChI is InChI=1S/C7H8FNO2/c1-11-4-2-5(9)7(8)6(10)3-4/h2-3,10H,9H2,1H3. The summed E-state index contributed by atoms with van der Waals surface area (Å²) >= 11 is 0. The van der Waals surface area contributed by atoms with Crippen LogP contribution in [0.3, 0.4) is 0 Å². The van der Waals surface area contributed by atoms with Gasteiger partial charge in [0.15, 0.2) is 11.6 Å². The molecule has 0 atom stereocenters. The number of halogens is 1. The van der Waals surface area contributed by atoms with E-state index in [1.165, 1.54) is 13.2 Å². The Hall–Kier alpha value is -1.45. The van der Waals surface area contributed by atoms with Gasteiger partial charge in [-0.05, 0) is 0 Å². The number of methoxy groups -OCH3 is 1. The van der Waals surface area contributed by atoms with Crippen molar-refractivity contribution in [3.63, 3.8) is 0 Å². The lowest BCUT2D eigenvalue weighted by Gasteiger charge is -2.03. The number of phenolic OH excluding ortho intramolecular Hbond substituents is 1. The first-order valence-electron chi connectivity index (χ1n) is 2.97. The van der Waals surface area contributed by atoms with Gasteiger partial charge in [-0.3, -0.25) is 0 Å². The third kappa shape index (κ3) is 1.34. The quantitative estimate of drug-likeness (QED) is 0.600. The van der Waals surface area contributed by atoms with Crippen LogP contribution in [0.5, 0.6) is 11.5 Å². The van der Waals surface area contributed by atoms with E-state index < -0.39 is 11.6 Å². The minimum absolute atomic E-state index is 0.123. The second kappa shape index (κ2) is 2.65. The van der Waals surface area contributed by atoms with Crippen molar-refractivity contribution in [2.45, 2.75) is 0 Å². The molecule has 0 aliphatic carbocycles. The van der Waals surface area contributed by atoms with Gasteiger partial charge in [0, 0.05) is 12.1 Å². The van der Waals surface area contributed by atoms with E-state index in [9.17, 15) is 4.39 Å². The van der Waals surface area contributed by atoms with Crippen LogP contribution in [0, 0.1) is 5.82 Å². The molecule has 3 N–H and O–H groups in total. The Kier molecular flexibility index (Phi) is 1.85. The summed E-state index contributed by atoms with van der Waals surface area (Å²) in [6.45, 7) is 0. The number of nitrogen functional groups attached to an aromatic ring is 1. The number of hydrogen-bond donors (Lipinski definition) is 2. The predicted molar refractivity (Wildman–Crippen MR) is 39.0 cm³/mol. The van der Waals surface area contributed by atoms with E-state index >= 15 is 0 Å². The van der Waals surface area contributed by atoms with Crippen LogP contribution in [0.2, 0.25) is 0 Å². The third-order valence-corrected chi connectivity index (χ3v) is 1.29. The van der Waals surface area contributed by atoms with E-state index in [1.807, 2.05) is 0 Å². The maximum Gasteiger partial charge on any atom is 0.187 e. The van der Waals surface area contributed by atoms with Crippen molar-refractivity contribution in [3.8, 4) is 11.5 Å². The number of nitrogens with two attached hydrogens (primary N) is 1. The van der Waals surface area contributed by atoms with Gasteiger partial charge in [0.25, 0.3) is 0 Å². The number of phenols is 1. The summed E-state index contributed by atoms with van der Waals surface area (Å²) in [5.41, 5.74) is 5.06. The number of rotatable bonds is 1. The molecule has 0 saturated heterocycles. The molecule has 1 aromatic carbocycles. The summed E-state index contributed by atoms with van der Waals surface area (Å²) in [7, 11) is 1.41. The van der Waals surface area contributed by atoms with Gasteiger partial charge in [-0.25, -0.2) is 4.39 Å². The van der Waals surface area contributed by atoms with Crippen LogP contribution in [0.1, 0.15) is 0 Å². The Labute approximate surface area is 63.2 Å². The highest BCUT2D eigenvalue weighted by Gasteiger charge is 2.06. The molecule has 1 aromatic rings. The molecule has 0 radical (unpaired) electrons. The van der Waals surface area contributed by atoms with Crippen molar-refractivity contribution >= 4 is 5.69 Å². The highest BCUT2D eigenvalue weighted by molar-refractivity contribution is 5.51. The molecule has 0 aliphatic rings. The van der Waals surface area contributed by atoms with Crippen LogP contribution in [0.4, 0.5) is 10.1 Å². The van der Waals surface area contributed by atoms with Gasteiger partial charge in [0.2, 0.25) is 0 Å². The number of anilines is 1. The van der Waals surface area contributed by atoms with E-state index in [4.69, 9.17) is 15.6 Å². The molecule has 11 heavy (non-hydrogen) atoms. The molecule has 60 valence electrons. The molecule has 0 aromatic heterocycles. The van der Waals surface area contributed by atoms with Crippen molar-refractivity contribution in [2.75, 3.05) is 12.8 Å². The van der Waals surface area contributed by atoms with Gasteiger partial charge in [-0.2, -0.15) is 0 Å². The van der Waals surface area contributed by atoms with Gasteiger partial charge in [0.05, 0.1) is 12.8 Å². The Balaban J connectivity index is 3.21. The monoisotopic (exact) mass is 157 g/mol. The van der Waals surface area contributed by atoms with Crippen molar-refractivity contribution in [1.29, 1.82) is 0 Å². The highest BCUT2D eigenvalue weighted by Crippen LogP contribution is 2.27. The molecular formula is C7H8FNO2. The second-order valence-corrected chi connectivity index (χ2v) is 2.05. The van der Waals surface area contributed by atoms with Gasteiger partial charge in [-0.15, -0.1) is 0 Å². The molecule has 0 aliphatic heterocycles. The zero-order valence-corrected chi connectivity index (χ0v) is 5.97. The maximum absolute atomic E-state index is 12.6. The third-order valence-electron chi connectivity index (χ3n) is 1.29. The van der Waals surface area contributed by atoms with E-state index in [-0.39, 0.29) is 5.69 Å². The molecule has 0 heterocycles. The zero-order valence-electron chi connectivity index (χ0n) is 5.97. The number of aromatic hydroxyl groups is 1. The molecule has 0 spiro atoms. The number of ether oxygens (including phenoxy) is 1. The lowest BCUT2D eigenvalue weighted by Crippen LogP contribution is -1.92. The van der Waals surface area contributed by atoms with Crippen molar-refractivity contribution in [2.24, 2.45) is 0 Å². The summed E-state index contributed by atoms with van der Waals surface area (Å²) in [6, 6.07) is 2.46. The van der Waals surface area contributed by atoms with Gasteiger partial charge < -0.3 is 15.6 Å². The second-order valence-electron chi connectivity index (χ2n) is 2.05. The topological polar surface area (TPSA) is 55.5 Å². The van der Waals surface area contributed by atoms with Gasteiger partial charge >= 0.3 is 0 Å². The first-order chi connectivity index (χ1) is 5.15. The fourth-order valence-corrected chi connectivity index (χ4v) is 0.722. The minimum atomic E-state index is -0.814. The Morgan fingerprint density at radius 1 is 1.55 bits per heavy atom. The van der Waals surface area contributed by atoms with Crippen LogP contribution < -0.4 is 10.5 Å². The Morgan fingerprint density at radius 3 is 2.64 bits per heavy atom. The summed E-state index contributed by atoms with van der Waals surface area (Å²) in [5.74, 6) is -0.978. The summed E-state index contributed by atoms with van der Waals surface area (Å²) in [6.07, 6.45) is 0. The lowest BCUT2D eigenvalue weighted by atomic mass is 10.3. The fraction of sp³-hybridized carbons (Fsp3) is 0.143. The largest absolute Gasteiger partial charge is 0.505 e. The average molecular weight is 157 g/mol. The van der Waals surface area contributed by atoms with Crippen molar-refractivity contribution < 1.29 is 14.2 Å². The van der Waals surface area contributed by atoms with E-state index in [0.29, 0.717) is 5.75 Å². The average Bonchev–Trinajstić information content (AvgIpc) is 1.99. The molecule has 3 nitrogen and oxygen atoms in total. The smallest absolute Gasteiger partial charge is 0.187 e. The maximum atomic E-state index is 12.6. The Bertz CT molecular complexity index is 252. The van der Waals surface area contributed by atoms with Crippen LogP contribution in [-0.2, 0) is 0 Å². The first-order valence-corrected chi connectivity index (χ1v) is 2.97.